The lowest BCUT2D eigenvalue weighted by molar-refractivity contribution is -0.257. The Morgan fingerprint density at radius 2 is 1.26 bits per heavy atom. The zero-order chi connectivity index (χ0) is 13.4. The standard InChI is InChI=1S/C15H28N2O2/c1-2-4-6-8-10-12-14-16-17-19-18-15-13-11-9-7-5-3-1/h13,15H,1-12,14H2/b15-13+,17-16+. The van der Waals surface area contributed by atoms with Crippen LogP contribution in [-0.2, 0) is 9.88 Å². The Bertz CT molecular complexity index is 218. The van der Waals surface area contributed by atoms with Gasteiger partial charge in [0.05, 0.1) is 11.8 Å². The maximum Gasteiger partial charge on any atom is 0.141 e. The maximum absolute atomic E-state index is 4.76. The molecule has 0 N–H and O–H groups in total. The predicted molar refractivity (Wildman–Crippen MR) is 76.4 cm³/mol. The van der Waals surface area contributed by atoms with Crippen LogP contribution in [-0.4, -0.2) is 6.54 Å². The van der Waals surface area contributed by atoms with Crippen molar-refractivity contribution in [2.75, 3.05) is 6.54 Å². The first-order valence-electron chi connectivity index (χ1n) is 7.84. The van der Waals surface area contributed by atoms with Crippen LogP contribution in [0, 0.1) is 0 Å². The molecule has 0 fully saturated rings. The Balaban J connectivity index is 2.12. The molecule has 4 heteroatoms. The van der Waals surface area contributed by atoms with E-state index in [-0.39, 0.29) is 0 Å². The van der Waals surface area contributed by atoms with Crippen molar-refractivity contribution in [2.24, 2.45) is 10.4 Å². The van der Waals surface area contributed by atoms with Crippen molar-refractivity contribution in [3.63, 3.8) is 0 Å². The van der Waals surface area contributed by atoms with Gasteiger partial charge in [-0.05, 0) is 25.3 Å². The molecule has 0 aromatic heterocycles. The van der Waals surface area contributed by atoms with Gasteiger partial charge in [0.2, 0.25) is 0 Å². The van der Waals surface area contributed by atoms with E-state index in [1.54, 1.807) is 6.26 Å². The fourth-order valence-corrected chi connectivity index (χ4v) is 2.25. The molecule has 0 aromatic carbocycles. The topological polar surface area (TPSA) is 43.2 Å². The van der Waals surface area contributed by atoms with Crippen molar-refractivity contribution in [3.8, 4) is 0 Å². The SMILES string of the molecule is C1=C/OO/N=N/CCCCCCCCCCCCC/1. The van der Waals surface area contributed by atoms with Gasteiger partial charge in [-0.25, -0.2) is 0 Å². The molecule has 0 radical (unpaired) electrons. The second-order valence-corrected chi connectivity index (χ2v) is 5.17. The molecule has 0 aliphatic carbocycles. The number of nitrogens with zero attached hydrogens (tertiary/aromatic N) is 2. The van der Waals surface area contributed by atoms with Crippen molar-refractivity contribution in [2.45, 2.75) is 77.0 Å². The fraction of sp³-hybridized carbons (Fsp3) is 0.867. The van der Waals surface area contributed by atoms with Crippen molar-refractivity contribution < 1.29 is 9.88 Å². The first-order valence-corrected chi connectivity index (χ1v) is 7.84. The highest BCUT2D eigenvalue weighted by Crippen LogP contribution is 2.12. The zero-order valence-electron chi connectivity index (χ0n) is 12.1. The van der Waals surface area contributed by atoms with E-state index in [4.69, 9.17) is 4.89 Å². The molecule has 19 heavy (non-hydrogen) atoms. The summed E-state index contributed by atoms with van der Waals surface area (Å²) in [6.45, 7) is 0.729. The smallest absolute Gasteiger partial charge is 0.141 e. The summed E-state index contributed by atoms with van der Waals surface area (Å²) < 4.78 is 0. The summed E-state index contributed by atoms with van der Waals surface area (Å²) in [6, 6.07) is 0. The minimum atomic E-state index is 0.729. The van der Waals surface area contributed by atoms with E-state index in [0.29, 0.717) is 0 Å². The third-order valence-corrected chi connectivity index (χ3v) is 3.41. The molecule has 0 unspecified atom stereocenters. The van der Waals surface area contributed by atoms with Crippen LogP contribution in [0.5, 0.6) is 0 Å². The summed E-state index contributed by atoms with van der Waals surface area (Å²) >= 11 is 0. The Kier molecular flexibility index (Phi) is 11.3. The van der Waals surface area contributed by atoms with E-state index in [1.165, 1.54) is 64.2 Å². The van der Waals surface area contributed by atoms with Crippen LogP contribution in [0.15, 0.2) is 22.7 Å². The number of hydrogen-bond donors (Lipinski definition) is 0. The predicted octanol–water partition coefficient (Wildman–Crippen LogP) is 5.51. The van der Waals surface area contributed by atoms with E-state index >= 15 is 0 Å². The van der Waals surface area contributed by atoms with Crippen molar-refractivity contribution >= 4 is 0 Å². The molecule has 0 atom stereocenters. The molecule has 0 aromatic rings. The van der Waals surface area contributed by atoms with Crippen LogP contribution in [0.1, 0.15) is 77.0 Å². The molecule has 1 rings (SSSR count). The summed E-state index contributed by atoms with van der Waals surface area (Å²) in [6.07, 6.45) is 19.0. The molecular weight excluding hydrogens is 240 g/mol. The van der Waals surface area contributed by atoms with Gasteiger partial charge in [0.15, 0.2) is 0 Å². The molecule has 0 saturated heterocycles. The Labute approximate surface area is 117 Å². The monoisotopic (exact) mass is 268 g/mol. The minimum Gasteiger partial charge on any atom is -0.274 e. The summed E-state index contributed by atoms with van der Waals surface area (Å²) in [4.78, 5) is 9.33. The van der Waals surface area contributed by atoms with E-state index in [1.807, 2.05) is 6.08 Å². The molecule has 1 aliphatic heterocycles. The summed E-state index contributed by atoms with van der Waals surface area (Å²) in [5.41, 5.74) is 0. The lowest BCUT2D eigenvalue weighted by atomic mass is 10.1. The molecule has 1 heterocycles. The number of allylic oxidation sites excluding steroid dienone is 1. The third-order valence-electron chi connectivity index (χ3n) is 3.41. The molecule has 0 spiro atoms. The second kappa shape index (κ2) is 13.4. The van der Waals surface area contributed by atoms with Crippen LogP contribution >= 0.6 is 0 Å². The van der Waals surface area contributed by atoms with E-state index in [2.05, 4.69) is 15.4 Å². The lowest BCUT2D eigenvalue weighted by Gasteiger charge is -2.01. The second-order valence-electron chi connectivity index (χ2n) is 5.17. The van der Waals surface area contributed by atoms with Gasteiger partial charge >= 0.3 is 0 Å². The highest BCUT2D eigenvalue weighted by molar-refractivity contribution is 4.71. The molecule has 1 aliphatic rings. The van der Waals surface area contributed by atoms with Crippen LogP contribution < -0.4 is 0 Å². The summed E-state index contributed by atoms with van der Waals surface area (Å²) in [5.74, 6) is 0. The van der Waals surface area contributed by atoms with E-state index in [0.717, 1.165) is 19.4 Å². The molecule has 0 saturated carbocycles. The molecule has 4 nitrogen and oxygen atoms in total. The van der Waals surface area contributed by atoms with Gasteiger partial charge in [-0.1, -0.05) is 57.8 Å². The van der Waals surface area contributed by atoms with Gasteiger partial charge in [0, 0.05) is 0 Å². The van der Waals surface area contributed by atoms with Crippen molar-refractivity contribution in [1.82, 2.24) is 0 Å². The lowest BCUT2D eigenvalue weighted by Crippen LogP contribution is -1.84. The van der Waals surface area contributed by atoms with Crippen molar-refractivity contribution in [3.05, 3.63) is 12.3 Å². The van der Waals surface area contributed by atoms with Gasteiger partial charge in [0.25, 0.3) is 0 Å². The third kappa shape index (κ3) is 11.7. The molecular formula is C15H28N2O2. The highest BCUT2D eigenvalue weighted by atomic mass is 17.3. The van der Waals surface area contributed by atoms with Crippen LogP contribution in [0.2, 0.25) is 0 Å². The molecule has 0 bridgehead atoms. The van der Waals surface area contributed by atoms with Crippen LogP contribution in [0.25, 0.3) is 0 Å². The maximum atomic E-state index is 4.76. The molecule has 110 valence electrons. The van der Waals surface area contributed by atoms with Crippen LogP contribution in [0.4, 0.5) is 0 Å². The highest BCUT2D eigenvalue weighted by Gasteiger charge is 1.94. The average molecular weight is 268 g/mol. The zero-order valence-corrected chi connectivity index (χ0v) is 12.1. The van der Waals surface area contributed by atoms with Crippen molar-refractivity contribution in [1.29, 1.82) is 0 Å². The van der Waals surface area contributed by atoms with Crippen LogP contribution in [0.3, 0.4) is 0 Å². The van der Waals surface area contributed by atoms with Gasteiger partial charge in [0.1, 0.15) is 6.26 Å². The Morgan fingerprint density at radius 3 is 1.95 bits per heavy atom. The number of hydrogen-bond acceptors (Lipinski definition) is 4. The Hall–Kier alpha value is -1.06. The normalized spacial score (nSPS) is 24.8. The Morgan fingerprint density at radius 1 is 0.684 bits per heavy atom. The average Bonchev–Trinajstić information content (AvgIpc) is 2.43. The first kappa shape index (κ1) is 16.0. The van der Waals surface area contributed by atoms with Gasteiger partial charge < -0.3 is 0 Å². The summed E-state index contributed by atoms with van der Waals surface area (Å²) in [5, 5.41) is 7.39. The fourth-order valence-electron chi connectivity index (χ4n) is 2.25. The number of rotatable bonds is 0. The largest absolute Gasteiger partial charge is 0.274 e. The minimum absolute atomic E-state index is 0.729. The quantitative estimate of drug-likeness (QED) is 0.543. The van der Waals surface area contributed by atoms with Gasteiger partial charge in [-0.15, -0.1) is 10.1 Å². The van der Waals surface area contributed by atoms with E-state index in [9.17, 15) is 0 Å². The first-order chi connectivity index (χ1) is 9.50. The summed E-state index contributed by atoms with van der Waals surface area (Å²) in [7, 11) is 0. The molecule has 0 amide bonds. The van der Waals surface area contributed by atoms with Gasteiger partial charge in [-0.2, -0.15) is 0 Å². The van der Waals surface area contributed by atoms with E-state index < -0.39 is 0 Å². The van der Waals surface area contributed by atoms with Gasteiger partial charge in [-0.3, -0.25) is 4.89 Å².